The molecule has 1 amide bonds. The first-order valence-corrected chi connectivity index (χ1v) is 10.1. The molecular weight excluding hydrogens is 286 g/mol. The van der Waals surface area contributed by atoms with Crippen molar-refractivity contribution in [1.82, 2.24) is 4.90 Å². The van der Waals surface area contributed by atoms with Gasteiger partial charge in [-0.1, -0.05) is 39.5 Å². The van der Waals surface area contributed by atoms with Crippen LogP contribution in [0.15, 0.2) is 0 Å². The Labute approximate surface area is 129 Å². The van der Waals surface area contributed by atoms with Crippen LogP contribution < -0.4 is 0 Å². The highest BCUT2D eigenvalue weighted by atomic mass is 32.2. The minimum Gasteiger partial charge on any atom is -0.342 e. The number of hydrogen-bond acceptors (Lipinski definition) is 3. The third-order valence-corrected chi connectivity index (χ3v) is 7.65. The zero-order chi connectivity index (χ0) is 15.5. The van der Waals surface area contributed by atoms with Crippen molar-refractivity contribution in [1.29, 1.82) is 0 Å². The van der Waals surface area contributed by atoms with Crippen molar-refractivity contribution < 1.29 is 13.2 Å². The maximum absolute atomic E-state index is 12.8. The summed E-state index contributed by atoms with van der Waals surface area (Å²) in [6, 6.07) is 0. The van der Waals surface area contributed by atoms with E-state index < -0.39 is 9.84 Å². The van der Waals surface area contributed by atoms with Crippen molar-refractivity contribution in [2.75, 3.05) is 18.8 Å². The lowest BCUT2D eigenvalue weighted by Gasteiger charge is -2.38. The summed E-state index contributed by atoms with van der Waals surface area (Å²) in [7, 11) is -2.95. The molecule has 0 aromatic heterocycles. The van der Waals surface area contributed by atoms with Crippen LogP contribution in [0.3, 0.4) is 0 Å². The second kappa shape index (κ2) is 6.67. The van der Waals surface area contributed by atoms with E-state index in [0.717, 1.165) is 25.7 Å². The molecule has 0 atom stereocenters. The number of carbonyl (C=O) groups excluding carboxylic acids is 1. The highest BCUT2D eigenvalue weighted by Crippen LogP contribution is 2.37. The summed E-state index contributed by atoms with van der Waals surface area (Å²) in [5, 5.41) is -0.242. The molecule has 0 bridgehead atoms. The van der Waals surface area contributed by atoms with Gasteiger partial charge in [0, 0.05) is 24.3 Å². The summed E-state index contributed by atoms with van der Waals surface area (Å²) < 4.78 is 23.9. The van der Waals surface area contributed by atoms with Crippen molar-refractivity contribution in [3.63, 3.8) is 0 Å². The normalized spacial score (nSPS) is 24.6. The predicted molar refractivity (Wildman–Crippen MR) is 84.9 cm³/mol. The standard InChI is InChI=1S/C16H29NO3S/c1-3-21(19,20)14-8-12-17(13-9-14)15(18)16(2)10-6-4-5-7-11-16/h14H,3-13H2,1-2H3. The molecule has 1 aliphatic carbocycles. The van der Waals surface area contributed by atoms with Gasteiger partial charge in [0.15, 0.2) is 9.84 Å². The summed E-state index contributed by atoms with van der Waals surface area (Å²) in [5.74, 6) is 0.473. The number of likely N-dealkylation sites (tertiary alicyclic amines) is 1. The summed E-state index contributed by atoms with van der Waals surface area (Å²) in [5.41, 5.74) is -0.215. The molecule has 0 unspecified atom stereocenters. The molecule has 0 N–H and O–H groups in total. The molecule has 1 saturated heterocycles. The lowest BCUT2D eigenvalue weighted by Crippen LogP contribution is -2.48. The molecule has 1 saturated carbocycles. The average molecular weight is 315 g/mol. The van der Waals surface area contributed by atoms with Crippen molar-refractivity contribution >= 4 is 15.7 Å². The molecule has 0 spiro atoms. The zero-order valence-corrected chi connectivity index (χ0v) is 14.3. The number of piperidine rings is 1. The Morgan fingerprint density at radius 3 is 2.10 bits per heavy atom. The molecule has 5 heteroatoms. The SMILES string of the molecule is CCS(=O)(=O)C1CCN(C(=O)C2(C)CCCCCC2)CC1. The van der Waals surface area contributed by atoms with Crippen LogP contribution in [-0.4, -0.2) is 43.3 Å². The van der Waals surface area contributed by atoms with E-state index in [2.05, 4.69) is 6.92 Å². The molecule has 0 radical (unpaired) electrons. The van der Waals surface area contributed by atoms with E-state index in [-0.39, 0.29) is 22.3 Å². The van der Waals surface area contributed by atoms with E-state index in [1.165, 1.54) is 12.8 Å². The van der Waals surface area contributed by atoms with E-state index in [4.69, 9.17) is 0 Å². The molecule has 2 rings (SSSR count). The topological polar surface area (TPSA) is 54.5 Å². The highest BCUT2D eigenvalue weighted by molar-refractivity contribution is 7.92. The fourth-order valence-corrected chi connectivity index (χ4v) is 5.16. The average Bonchev–Trinajstić information content (AvgIpc) is 2.72. The van der Waals surface area contributed by atoms with Crippen LogP contribution >= 0.6 is 0 Å². The van der Waals surface area contributed by atoms with Crippen LogP contribution in [0.4, 0.5) is 0 Å². The maximum Gasteiger partial charge on any atom is 0.228 e. The van der Waals surface area contributed by atoms with Gasteiger partial charge in [-0.2, -0.15) is 0 Å². The van der Waals surface area contributed by atoms with E-state index >= 15 is 0 Å². The van der Waals surface area contributed by atoms with Crippen LogP contribution in [-0.2, 0) is 14.6 Å². The van der Waals surface area contributed by atoms with Gasteiger partial charge in [-0.3, -0.25) is 4.79 Å². The lowest BCUT2D eigenvalue weighted by molar-refractivity contribution is -0.143. The van der Waals surface area contributed by atoms with Crippen molar-refractivity contribution in [3.05, 3.63) is 0 Å². The van der Waals surface area contributed by atoms with Gasteiger partial charge in [0.25, 0.3) is 0 Å². The van der Waals surface area contributed by atoms with Crippen LogP contribution in [0.5, 0.6) is 0 Å². The van der Waals surface area contributed by atoms with E-state index in [1.54, 1.807) is 6.92 Å². The van der Waals surface area contributed by atoms with Crippen LogP contribution in [0.25, 0.3) is 0 Å². The Hall–Kier alpha value is -0.580. The van der Waals surface area contributed by atoms with Gasteiger partial charge >= 0.3 is 0 Å². The summed E-state index contributed by atoms with van der Waals surface area (Å²) >= 11 is 0. The minimum atomic E-state index is -2.95. The number of carbonyl (C=O) groups is 1. The van der Waals surface area contributed by atoms with Gasteiger partial charge in [-0.05, 0) is 25.7 Å². The van der Waals surface area contributed by atoms with Crippen molar-refractivity contribution in [2.45, 2.75) is 70.5 Å². The first kappa shape index (κ1) is 16.8. The Balaban J connectivity index is 1.96. The highest BCUT2D eigenvalue weighted by Gasteiger charge is 2.39. The van der Waals surface area contributed by atoms with Gasteiger partial charge in [0.2, 0.25) is 5.91 Å². The van der Waals surface area contributed by atoms with E-state index in [0.29, 0.717) is 25.9 Å². The molecule has 21 heavy (non-hydrogen) atoms. The summed E-state index contributed by atoms with van der Waals surface area (Å²) in [6.45, 7) is 5.03. The third-order valence-electron chi connectivity index (χ3n) is 5.36. The summed E-state index contributed by atoms with van der Waals surface area (Å²) in [4.78, 5) is 14.8. The Kier molecular flexibility index (Phi) is 5.33. The van der Waals surface area contributed by atoms with Crippen LogP contribution in [0.1, 0.15) is 65.2 Å². The van der Waals surface area contributed by atoms with Gasteiger partial charge in [-0.25, -0.2) is 8.42 Å². The molecule has 4 nitrogen and oxygen atoms in total. The molecule has 2 aliphatic rings. The van der Waals surface area contributed by atoms with E-state index in [1.807, 2.05) is 4.90 Å². The molecule has 1 heterocycles. The van der Waals surface area contributed by atoms with Crippen LogP contribution in [0, 0.1) is 5.41 Å². The number of sulfone groups is 1. The Bertz CT molecular complexity index is 456. The molecule has 122 valence electrons. The molecule has 0 aromatic rings. The molecule has 0 aromatic carbocycles. The maximum atomic E-state index is 12.8. The van der Waals surface area contributed by atoms with Crippen LogP contribution in [0.2, 0.25) is 0 Å². The largest absolute Gasteiger partial charge is 0.342 e. The second-order valence-electron chi connectivity index (χ2n) is 6.92. The molecule has 2 fully saturated rings. The van der Waals surface area contributed by atoms with E-state index in [9.17, 15) is 13.2 Å². The van der Waals surface area contributed by atoms with Crippen molar-refractivity contribution in [3.8, 4) is 0 Å². The fourth-order valence-electron chi connectivity index (χ4n) is 3.76. The Morgan fingerprint density at radius 1 is 1.10 bits per heavy atom. The van der Waals surface area contributed by atoms with Gasteiger partial charge in [0.05, 0.1) is 5.25 Å². The molecule has 1 aliphatic heterocycles. The van der Waals surface area contributed by atoms with Gasteiger partial charge in [0.1, 0.15) is 0 Å². The first-order valence-electron chi connectivity index (χ1n) is 8.40. The van der Waals surface area contributed by atoms with Gasteiger partial charge in [-0.15, -0.1) is 0 Å². The quantitative estimate of drug-likeness (QED) is 0.753. The summed E-state index contributed by atoms with van der Waals surface area (Å²) in [6.07, 6.45) is 7.94. The lowest BCUT2D eigenvalue weighted by atomic mass is 9.80. The zero-order valence-electron chi connectivity index (χ0n) is 13.4. The second-order valence-corrected chi connectivity index (χ2v) is 9.49. The number of hydrogen-bond donors (Lipinski definition) is 0. The first-order chi connectivity index (χ1) is 9.89. The molecular formula is C16H29NO3S. The Morgan fingerprint density at radius 2 is 1.62 bits per heavy atom. The number of rotatable bonds is 3. The number of nitrogens with zero attached hydrogens (tertiary/aromatic N) is 1. The van der Waals surface area contributed by atoms with Gasteiger partial charge < -0.3 is 4.90 Å². The fraction of sp³-hybridized carbons (Fsp3) is 0.938. The number of amides is 1. The monoisotopic (exact) mass is 315 g/mol. The minimum absolute atomic E-state index is 0.212. The smallest absolute Gasteiger partial charge is 0.228 e. The predicted octanol–water partition coefficient (Wildman–Crippen LogP) is 2.77. The third kappa shape index (κ3) is 3.79. The van der Waals surface area contributed by atoms with Crippen molar-refractivity contribution in [2.24, 2.45) is 5.41 Å².